The number of azo groups is 1. The molecule has 0 saturated carbocycles. The van der Waals surface area contributed by atoms with Crippen molar-refractivity contribution in [2.24, 2.45) is 15.6 Å². The molecule has 0 aliphatic rings. The quantitative estimate of drug-likeness (QED) is 0.0574. The number of nitrogens with one attached hydrogen (secondary N) is 2. The summed E-state index contributed by atoms with van der Waals surface area (Å²) in [4.78, 5) is 8.00. The average molecular weight is 839 g/mol. The molecule has 19 heteroatoms. The van der Waals surface area contributed by atoms with Crippen LogP contribution in [-0.4, -0.2) is 40.0 Å². The van der Waals surface area contributed by atoms with Gasteiger partial charge in [0.1, 0.15) is 29.1 Å². The van der Waals surface area contributed by atoms with Gasteiger partial charge < -0.3 is 27.3 Å². The first-order chi connectivity index (χ1) is 27.9. The number of nitrogen functional groups attached to an aromatic ring is 3. The number of hydrogen-bond acceptors (Lipinski definition) is 14. The van der Waals surface area contributed by atoms with E-state index < -0.39 is 0 Å². The fourth-order valence-electron chi connectivity index (χ4n) is 5.49. The molecule has 0 aliphatic heterocycles. The number of nitrogens with zero attached hydrogens (tertiary/aromatic N) is 11. The second-order valence-electron chi connectivity index (χ2n) is 17.7. The molecule has 0 fully saturated rings. The Balaban J connectivity index is 0.000000336. The van der Waals surface area contributed by atoms with Crippen LogP contribution >= 0.6 is 0 Å². The van der Waals surface area contributed by atoms with Gasteiger partial charge in [-0.2, -0.15) is 30.9 Å². The topological polar surface area (TPSA) is 296 Å². The second-order valence-corrected chi connectivity index (χ2v) is 17.7. The van der Waals surface area contributed by atoms with Crippen molar-refractivity contribution in [3.63, 3.8) is 0 Å². The van der Waals surface area contributed by atoms with Crippen LogP contribution in [0.5, 0.6) is 0 Å². The number of aromatic amines is 2. The summed E-state index contributed by atoms with van der Waals surface area (Å²) in [5.74, 6) is 1.58. The molecule has 0 radical (unpaired) electrons. The maximum atomic E-state index is 9.59. The molecule has 61 heavy (non-hydrogen) atoms. The molecule has 18 nitrogen and oxygen atoms in total. The molecule has 0 atom stereocenters. The Labute approximate surface area is 378 Å². The summed E-state index contributed by atoms with van der Waals surface area (Å²) in [5.41, 5.74) is 23.6. The van der Waals surface area contributed by atoms with Gasteiger partial charge in [0.2, 0.25) is 5.82 Å². The minimum absolute atomic E-state index is 0. The number of hydrogen-bond donors (Lipinski definition) is 5. The molecular weight excluding hydrogens is 784 g/mol. The number of nitriles is 2. The first-order valence-corrected chi connectivity index (χ1v) is 18.9. The maximum Gasteiger partial charge on any atom is 1.00 e. The molecular formula is C42H55N16NaO2. The Hall–Kier alpha value is -6.34. The van der Waals surface area contributed by atoms with E-state index in [9.17, 15) is 5.26 Å². The van der Waals surface area contributed by atoms with Gasteiger partial charge >= 0.3 is 29.6 Å². The fourth-order valence-corrected chi connectivity index (χ4v) is 5.49. The van der Waals surface area contributed by atoms with Crippen LogP contribution in [0.1, 0.15) is 117 Å². The van der Waals surface area contributed by atoms with Crippen LogP contribution in [0.4, 0.5) is 29.0 Å². The van der Waals surface area contributed by atoms with Gasteiger partial charge in [0, 0.05) is 27.7 Å². The van der Waals surface area contributed by atoms with Crippen molar-refractivity contribution in [1.29, 1.82) is 10.5 Å². The zero-order valence-electron chi connectivity index (χ0n) is 37.3. The van der Waals surface area contributed by atoms with Gasteiger partial charge in [-0.1, -0.05) is 119 Å². The van der Waals surface area contributed by atoms with Gasteiger partial charge in [-0.15, -0.1) is 15.6 Å². The van der Waals surface area contributed by atoms with E-state index in [0.717, 1.165) is 33.8 Å². The molecule has 2 aromatic carbocycles. The third-order valence-electron chi connectivity index (χ3n) is 8.62. The van der Waals surface area contributed by atoms with Crippen molar-refractivity contribution in [3.8, 4) is 23.5 Å². The third kappa shape index (κ3) is 13.1. The van der Waals surface area contributed by atoms with Gasteiger partial charge in [0.15, 0.2) is 17.3 Å². The zero-order chi connectivity index (χ0) is 45.2. The number of para-hydroxylation sites is 2. The Bertz CT molecular complexity index is 2460. The van der Waals surface area contributed by atoms with Crippen molar-refractivity contribution in [3.05, 3.63) is 111 Å². The van der Waals surface area contributed by atoms with Crippen LogP contribution in [0.3, 0.4) is 0 Å². The summed E-state index contributed by atoms with van der Waals surface area (Å²) >= 11 is 0. The standard InChI is InChI=1S/C21H26N8.C13H17N3.C8H12N4.HNO2.Na/c1-20(2,3)16-14(12-22)19(27-25-16)26-24-15-17(21(4,5)6)28-29(18(15)23)13-10-8-7-9-11-13;1-13(2,3)11-9-12(14)16(15-11)10-7-5-4-6-8-10;1-8(2,3)6-5(4-9)7(10)12-11-6;2-1-3;/h7-11H,23H2,1-6H3,(H,25,27);4-9H,14H2,1-3H3;1-3H3,(H3,10,11,12);(H,2,3);/q;;;;+1/p-1. The van der Waals surface area contributed by atoms with Gasteiger partial charge in [-0.05, 0) is 24.3 Å². The first-order valence-electron chi connectivity index (χ1n) is 18.9. The van der Waals surface area contributed by atoms with Crippen LogP contribution in [0, 0.1) is 32.8 Å². The van der Waals surface area contributed by atoms with Crippen LogP contribution < -0.4 is 46.8 Å². The summed E-state index contributed by atoms with van der Waals surface area (Å²) in [7, 11) is 0. The Morgan fingerprint density at radius 1 is 0.656 bits per heavy atom. The van der Waals surface area contributed by atoms with E-state index in [4.69, 9.17) is 37.7 Å². The molecule has 8 N–H and O–H groups in total. The van der Waals surface area contributed by atoms with Crippen molar-refractivity contribution in [2.75, 3.05) is 17.2 Å². The van der Waals surface area contributed by atoms with E-state index in [1.165, 1.54) is 0 Å². The third-order valence-corrected chi connectivity index (χ3v) is 8.62. The van der Waals surface area contributed by atoms with Crippen LogP contribution in [0.15, 0.2) is 82.3 Å². The molecule has 0 amide bonds. The normalized spacial score (nSPS) is 11.4. The van der Waals surface area contributed by atoms with Crippen molar-refractivity contribution in [1.82, 2.24) is 40.0 Å². The smallest absolute Gasteiger partial charge is 0.444 e. The number of benzene rings is 2. The Morgan fingerprint density at radius 3 is 1.52 bits per heavy atom. The fraction of sp³-hybridized carbons (Fsp3) is 0.381. The predicted molar refractivity (Wildman–Crippen MR) is 235 cm³/mol. The number of rotatable bonds is 4. The van der Waals surface area contributed by atoms with Gasteiger partial charge in [0.25, 0.3) is 0 Å². The number of aromatic nitrogens is 8. The second kappa shape index (κ2) is 20.8. The SMILES string of the molecule is CC(C)(C)c1[nH]nc(N)c1C#N.CC(C)(C)c1cc(N)n(-c2ccccc2)n1.CC(C)(C)c1nn(-c2ccccc2)c(N)c1N=Nc1n[nH]c(C(C)(C)C)c1C#N.O=N[O-].[Na+]. The summed E-state index contributed by atoms with van der Waals surface area (Å²) < 4.78 is 3.44. The summed E-state index contributed by atoms with van der Waals surface area (Å²) in [6, 6.07) is 25.7. The van der Waals surface area contributed by atoms with E-state index >= 15 is 0 Å². The number of nitrogens with two attached hydrogens (primary N) is 3. The van der Waals surface area contributed by atoms with Gasteiger partial charge in [0.05, 0.1) is 34.2 Å². The van der Waals surface area contributed by atoms with Gasteiger partial charge in [-0.25, -0.2) is 9.36 Å². The van der Waals surface area contributed by atoms with Crippen LogP contribution in [-0.2, 0) is 21.7 Å². The van der Waals surface area contributed by atoms with Crippen LogP contribution in [0.2, 0.25) is 0 Å². The van der Waals surface area contributed by atoms with Crippen molar-refractivity contribution in [2.45, 2.75) is 105 Å². The summed E-state index contributed by atoms with van der Waals surface area (Å²) in [5, 5.41) is 58.9. The maximum absolute atomic E-state index is 9.59. The summed E-state index contributed by atoms with van der Waals surface area (Å²) in [6.45, 7) is 24.5. The predicted octanol–water partition coefficient (Wildman–Crippen LogP) is 6.23. The van der Waals surface area contributed by atoms with E-state index in [0.29, 0.717) is 34.1 Å². The molecule has 6 rings (SSSR count). The minimum Gasteiger partial charge on any atom is -0.444 e. The molecule has 0 spiro atoms. The molecule has 4 heterocycles. The largest absolute Gasteiger partial charge is 1.00 e. The first kappa shape index (κ1) is 50.8. The zero-order valence-corrected chi connectivity index (χ0v) is 39.3. The monoisotopic (exact) mass is 838 g/mol. The average Bonchev–Trinajstić information content (AvgIpc) is 3.95. The van der Waals surface area contributed by atoms with Gasteiger partial charge in [-0.3, -0.25) is 10.2 Å². The van der Waals surface area contributed by atoms with E-state index in [2.05, 4.69) is 62.6 Å². The van der Waals surface area contributed by atoms with Crippen molar-refractivity contribution >= 4 is 29.0 Å². The number of anilines is 3. The van der Waals surface area contributed by atoms with E-state index in [1.807, 2.05) is 135 Å². The molecule has 0 unspecified atom stereocenters. The Morgan fingerprint density at radius 2 is 1.11 bits per heavy atom. The molecule has 4 aromatic heterocycles. The van der Waals surface area contributed by atoms with E-state index in [-0.39, 0.29) is 62.9 Å². The minimum atomic E-state index is -0.303. The molecule has 6 aromatic rings. The van der Waals surface area contributed by atoms with Crippen molar-refractivity contribution < 1.29 is 29.6 Å². The van der Waals surface area contributed by atoms with E-state index in [1.54, 1.807) is 9.36 Å². The van der Waals surface area contributed by atoms with Crippen LogP contribution in [0.25, 0.3) is 11.4 Å². The summed E-state index contributed by atoms with van der Waals surface area (Å²) in [6.07, 6.45) is 0. The molecule has 0 aliphatic carbocycles. The molecule has 0 bridgehead atoms. The number of H-pyrrole nitrogens is 2. The molecule has 0 saturated heterocycles. The Kier molecular flexibility index (Phi) is 17.3. The molecule has 316 valence electrons.